The van der Waals surface area contributed by atoms with Crippen molar-refractivity contribution < 1.29 is 66.7 Å². The van der Waals surface area contributed by atoms with Crippen LogP contribution in [0.4, 0.5) is 0 Å². The Kier molecular flexibility index (Phi) is 28.4. The van der Waals surface area contributed by atoms with Crippen molar-refractivity contribution in [1.82, 2.24) is 49.9 Å². The lowest BCUT2D eigenvalue weighted by Crippen LogP contribution is -2.36. The zero-order valence-electron chi connectivity index (χ0n) is 54.4. The van der Waals surface area contributed by atoms with Crippen LogP contribution in [0.3, 0.4) is 0 Å². The van der Waals surface area contributed by atoms with E-state index >= 15 is 0 Å². The second-order valence-electron chi connectivity index (χ2n) is 23.8. The van der Waals surface area contributed by atoms with Gasteiger partial charge in [-0.15, -0.1) is 15.3 Å². The third-order valence-corrected chi connectivity index (χ3v) is 14.7. The van der Waals surface area contributed by atoms with Crippen molar-refractivity contribution in [2.45, 2.75) is 118 Å². The maximum atomic E-state index is 14.1. The van der Waals surface area contributed by atoms with E-state index in [1.807, 2.05) is 110 Å². The van der Waals surface area contributed by atoms with Crippen LogP contribution < -0.4 is 0 Å². The number of carbonyl (C=O) groups excluding carboxylic acids is 7. The van der Waals surface area contributed by atoms with Gasteiger partial charge in [-0.3, -0.25) is 38.5 Å². The third kappa shape index (κ3) is 23.8. The topological polar surface area (TPSA) is 475 Å². The van der Waals surface area contributed by atoms with E-state index in [9.17, 15) is 33.6 Å². The van der Waals surface area contributed by atoms with Gasteiger partial charge in [-0.1, -0.05) is 127 Å². The smallest absolute Gasteiger partial charge is 0.312 e. The van der Waals surface area contributed by atoms with Crippen molar-refractivity contribution in [2.75, 3.05) is 59.2 Å². The number of ether oxygens (including phenoxy) is 7. The van der Waals surface area contributed by atoms with Gasteiger partial charge in [0.1, 0.15) is 52.6 Å². The predicted octanol–water partition coefficient (Wildman–Crippen LogP) is 8.48. The Morgan fingerprint density at radius 2 is 0.711 bits per heavy atom. The first-order chi connectivity index (χ1) is 46.5. The van der Waals surface area contributed by atoms with E-state index in [2.05, 4.69) is 71.0 Å². The molecular weight excluding hydrogens is 1260 g/mol. The summed E-state index contributed by atoms with van der Waals surface area (Å²) >= 11 is 0. The molecule has 0 radical (unpaired) electrons. The first-order valence-corrected chi connectivity index (χ1v) is 30.3. The lowest BCUT2D eigenvalue weighted by molar-refractivity contribution is -0.169. The Bertz CT molecular complexity index is 3630. The van der Waals surface area contributed by atoms with Gasteiger partial charge in [0.2, 0.25) is 0 Å². The minimum absolute atomic E-state index is 0.0815. The molecule has 3 aromatic heterocycles. The Morgan fingerprint density at radius 3 is 1.00 bits per heavy atom. The van der Waals surface area contributed by atoms with E-state index in [4.69, 9.17) is 55.3 Å². The van der Waals surface area contributed by atoms with Gasteiger partial charge in [0.05, 0.1) is 76.6 Å². The molecule has 36 heteroatoms. The summed E-state index contributed by atoms with van der Waals surface area (Å²) in [7, 11) is 0. The average Bonchev–Trinajstić information content (AvgIpc) is 1.82. The lowest BCUT2D eigenvalue weighted by Gasteiger charge is -2.29. The molecule has 3 aromatic carbocycles. The largest absolute Gasteiger partial charge is 0.466 e. The number of carbonyl (C=O) groups is 7. The van der Waals surface area contributed by atoms with Crippen molar-refractivity contribution in [2.24, 2.45) is 36.7 Å². The van der Waals surface area contributed by atoms with E-state index in [1.165, 1.54) is 0 Å². The molecule has 0 bridgehead atoms. The van der Waals surface area contributed by atoms with Crippen molar-refractivity contribution in [3.05, 3.63) is 185 Å². The fourth-order valence-electron chi connectivity index (χ4n) is 9.84. The molecule has 0 fully saturated rings. The normalized spacial score (nSPS) is 12.9. The number of hydrogen-bond acceptors (Lipinski definition) is 25. The highest BCUT2D eigenvalue weighted by atomic mass is 16.6. The molecule has 6 rings (SSSR count). The molecule has 0 spiro atoms. The van der Waals surface area contributed by atoms with Gasteiger partial charge < -0.3 is 33.2 Å². The minimum Gasteiger partial charge on any atom is -0.466 e. The molecule has 0 aliphatic carbocycles. The number of benzene rings is 3. The lowest BCUT2D eigenvalue weighted by atomic mass is 9.83. The summed E-state index contributed by atoms with van der Waals surface area (Å²) in [6.45, 7) is 7.56. The van der Waals surface area contributed by atoms with Crippen molar-refractivity contribution >= 4 is 41.8 Å². The fourth-order valence-corrected chi connectivity index (χ4v) is 9.84. The van der Waals surface area contributed by atoms with Crippen LogP contribution >= 0.6 is 0 Å². The van der Waals surface area contributed by atoms with Crippen molar-refractivity contribution in [3.63, 3.8) is 0 Å². The molecule has 97 heavy (non-hydrogen) atoms. The first-order valence-electron chi connectivity index (χ1n) is 30.3. The van der Waals surface area contributed by atoms with Crippen LogP contribution in [0, 0.1) is 16.2 Å². The molecule has 5 unspecified atom stereocenters. The average molecular weight is 1340 g/mol. The molecule has 3 heterocycles. The van der Waals surface area contributed by atoms with Gasteiger partial charge in [-0.25, -0.2) is 14.0 Å². The SMILES string of the molecule is CCOC(=O)C(C)(C)CC(c1ccccc1)n1cc(CN(Cc2cn(C(CC(C)(C)C(=O)OCC(COC(=O)CN=[N+]=[N-])OC(=O)CN=[N+]=[N-])c3ccccc3)nn2)Cc2cn(C(CC(C)(C)C(=O)OCC(COC(=O)CN=[N+]=[N-])OC(=O)CN=[N+]=[N-])c3ccccc3)nn2)nn1. The summed E-state index contributed by atoms with van der Waals surface area (Å²) in [4.78, 5) is 103. The second-order valence-corrected chi connectivity index (χ2v) is 23.8. The molecule has 0 amide bonds. The van der Waals surface area contributed by atoms with E-state index in [-0.39, 0.29) is 45.1 Å². The number of azide groups is 4. The Labute approximate surface area is 555 Å². The van der Waals surface area contributed by atoms with Gasteiger partial charge in [0.25, 0.3) is 0 Å². The zero-order valence-corrected chi connectivity index (χ0v) is 54.4. The van der Waals surface area contributed by atoms with Crippen LogP contribution in [-0.4, -0.2) is 163 Å². The van der Waals surface area contributed by atoms with Gasteiger partial charge in [-0.2, -0.15) is 0 Å². The summed E-state index contributed by atoms with van der Waals surface area (Å²) in [6, 6.07) is 26.3. The number of aromatic nitrogens is 9. The van der Waals surface area contributed by atoms with Gasteiger partial charge in [-0.05, 0) is 107 Å². The molecule has 0 saturated heterocycles. The molecule has 6 aromatic rings. The number of hydrogen-bond donors (Lipinski definition) is 0. The summed E-state index contributed by atoms with van der Waals surface area (Å²) < 4.78 is 42.6. The summed E-state index contributed by atoms with van der Waals surface area (Å²) in [6.07, 6.45) is 3.10. The quantitative estimate of drug-likeness (QED) is 0.0114. The van der Waals surface area contributed by atoms with Crippen molar-refractivity contribution in [1.29, 1.82) is 0 Å². The number of nitrogens with zero attached hydrogens (tertiary/aromatic N) is 22. The summed E-state index contributed by atoms with van der Waals surface area (Å²) in [5.41, 5.74) is 35.0. The van der Waals surface area contributed by atoms with Crippen LogP contribution in [0.2, 0.25) is 0 Å². The molecule has 36 nitrogen and oxygen atoms in total. The zero-order chi connectivity index (χ0) is 70.4. The summed E-state index contributed by atoms with van der Waals surface area (Å²) in [5, 5.41) is 40.4. The Balaban J connectivity index is 1.31. The molecule has 5 atom stereocenters. The first kappa shape index (κ1) is 74.6. The Hall–Kier alpha value is -11.4. The molecule has 0 saturated carbocycles. The van der Waals surface area contributed by atoms with Crippen molar-refractivity contribution in [3.8, 4) is 0 Å². The van der Waals surface area contributed by atoms with Gasteiger partial charge >= 0.3 is 41.8 Å². The maximum absolute atomic E-state index is 14.1. The fraction of sp³-hybridized carbons (Fsp3) is 0.492. The maximum Gasteiger partial charge on any atom is 0.312 e. The monoisotopic (exact) mass is 1340 g/mol. The molecule has 512 valence electrons. The Morgan fingerprint density at radius 1 is 0.433 bits per heavy atom. The molecule has 0 aliphatic rings. The number of rotatable bonds is 40. The highest BCUT2D eigenvalue weighted by Gasteiger charge is 2.39. The second kappa shape index (κ2) is 36.9. The highest BCUT2D eigenvalue weighted by molar-refractivity contribution is 5.78. The standard InChI is InChI=1S/C61H74N22O14/c1-8-91-56(88)59(2,3)24-49(41-18-12-9-13-19-41)81-34-44(70-77-81)31-80(32-45-35-82(78-71-45)50(42-20-14-10-15-21-42)25-60(4,5)57(89)94-39-47(96-54(86)29-68-75-64)37-92-52(84)27-66-73-62)33-46-36-83(79-72-46)51(43-22-16-11-17-23-43)26-61(6,7)58(90)95-40-48(97-55(87)30-69-76-65)38-93-53(85)28-67-74-63/h9-23,34-36,47-51H,8,24-33,37-40H2,1-7H3. The van der Waals surface area contributed by atoms with Gasteiger partial charge in [0.15, 0.2) is 12.2 Å². The van der Waals surface area contributed by atoms with Crippen LogP contribution in [0.1, 0.15) is 120 Å². The molecule has 0 aliphatic heterocycles. The van der Waals surface area contributed by atoms with E-state index in [0.29, 0.717) is 23.5 Å². The predicted molar refractivity (Wildman–Crippen MR) is 338 cm³/mol. The van der Waals surface area contributed by atoms with E-state index in [1.54, 1.807) is 67.3 Å². The third-order valence-electron chi connectivity index (χ3n) is 14.7. The highest BCUT2D eigenvalue weighted by Crippen LogP contribution is 2.37. The van der Waals surface area contributed by atoms with Gasteiger partial charge in [0, 0.05) is 39.3 Å². The van der Waals surface area contributed by atoms with Crippen LogP contribution in [0.5, 0.6) is 0 Å². The minimum atomic E-state index is -1.34. The van der Waals surface area contributed by atoms with E-state index < -0.39 is 135 Å². The van der Waals surface area contributed by atoms with Crippen LogP contribution in [0.15, 0.2) is 130 Å². The van der Waals surface area contributed by atoms with Crippen LogP contribution in [0.25, 0.3) is 41.8 Å². The molecule has 0 N–H and O–H groups in total. The van der Waals surface area contributed by atoms with Crippen LogP contribution in [-0.2, 0) is 86.4 Å². The summed E-state index contributed by atoms with van der Waals surface area (Å²) in [5.74, 6) is -5.70. The molecular formula is C61H74N22O14. The van der Waals surface area contributed by atoms with E-state index in [0.717, 1.165) is 16.7 Å². The number of esters is 7.